The molecule has 0 aliphatic heterocycles. The van der Waals surface area contributed by atoms with Gasteiger partial charge in [0.25, 0.3) is 0 Å². The normalized spacial score (nSPS) is 13.1. The Morgan fingerprint density at radius 3 is 2.00 bits per heavy atom. The van der Waals surface area contributed by atoms with Gasteiger partial charge in [-0.05, 0) is 13.3 Å². The van der Waals surface area contributed by atoms with Crippen molar-refractivity contribution in [3.8, 4) is 0 Å². The van der Waals surface area contributed by atoms with Gasteiger partial charge in [-0.1, -0.05) is 20.8 Å². The molecule has 0 aliphatic rings. The Morgan fingerprint density at radius 2 is 1.69 bits per heavy atom. The third-order valence-electron chi connectivity index (χ3n) is 2.59. The van der Waals surface area contributed by atoms with Gasteiger partial charge in [-0.3, -0.25) is 4.79 Å². The van der Waals surface area contributed by atoms with Crippen molar-refractivity contribution >= 4 is 5.78 Å². The van der Waals surface area contributed by atoms with Crippen LogP contribution in [0.25, 0.3) is 0 Å². The first kappa shape index (κ1) is 12.5. The zero-order valence-corrected chi connectivity index (χ0v) is 8.79. The molecule has 3 heteroatoms. The van der Waals surface area contributed by atoms with Gasteiger partial charge in [-0.25, -0.2) is 8.78 Å². The Balaban J connectivity index is 4.09. The van der Waals surface area contributed by atoms with Gasteiger partial charge < -0.3 is 0 Å². The van der Waals surface area contributed by atoms with E-state index in [0.717, 1.165) is 0 Å². The van der Waals surface area contributed by atoms with Gasteiger partial charge in [0.15, 0.2) is 0 Å². The molecule has 0 saturated carbocycles. The minimum Gasteiger partial charge on any atom is -0.299 e. The van der Waals surface area contributed by atoms with Crippen LogP contribution in [0.4, 0.5) is 8.78 Å². The molecule has 78 valence electrons. The van der Waals surface area contributed by atoms with Crippen molar-refractivity contribution in [3.05, 3.63) is 0 Å². The maximum Gasteiger partial charge on any atom is 0.247 e. The van der Waals surface area contributed by atoms with Crippen LogP contribution in [0.15, 0.2) is 0 Å². The van der Waals surface area contributed by atoms with Crippen molar-refractivity contribution in [1.82, 2.24) is 0 Å². The molecule has 0 bridgehead atoms. The molecule has 0 unspecified atom stereocenters. The molecule has 13 heavy (non-hydrogen) atoms. The highest BCUT2D eigenvalue weighted by Gasteiger charge is 2.31. The quantitative estimate of drug-likeness (QED) is 0.652. The van der Waals surface area contributed by atoms with E-state index < -0.39 is 11.3 Å². The molecule has 0 aromatic heterocycles. The van der Waals surface area contributed by atoms with Gasteiger partial charge in [0.1, 0.15) is 5.78 Å². The molecule has 0 N–H and O–H groups in total. The standard InChI is InChI=1S/C10H18F2O/c1-5-10(11,12)7-6-9(3,4)8(2)13/h5-7H2,1-4H3. The van der Waals surface area contributed by atoms with E-state index in [0.29, 0.717) is 0 Å². The lowest BCUT2D eigenvalue weighted by atomic mass is 9.83. The van der Waals surface area contributed by atoms with E-state index >= 15 is 0 Å². The molecule has 0 saturated heterocycles. The maximum absolute atomic E-state index is 12.8. The van der Waals surface area contributed by atoms with Crippen LogP contribution in [-0.2, 0) is 4.79 Å². The van der Waals surface area contributed by atoms with Crippen molar-refractivity contribution in [2.75, 3.05) is 0 Å². The van der Waals surface area contributed by atoms with E-state index in [4.69, 9.17) is 0 Å². The van der Waals surface area contributed by atoms with Crippen molar-refractivity contribution in [2.24, 2.45) is 5.41 Å². The lowest BCUT2D eigenvalue weighted by Crippen LogP contribution is -2.25. The predicted octanol–water partition coefficient (Wildman–Crippen LogP) is 3.43. The van der Waals surface area contributed by atoms with E-state index in [9.17, 15) is 13.6 Å². The fraction of sp³-hybridized carbons (Fsp3) is 0.900. The van der Waals surface area contributed by atoms with Gasteiger partial charge in [-0.15, -0.1) is 0 Å². The van der Waals surface area contributed by atoms with E-state index in [2.05, 4.69) is 0 Å². The van der Waals surface area contributed by atoms with Gasteiger partial charge in [0, 0.05) is 18.3 Å². The largest absolute Gasteiger partial charge is 0.299 e. The number of halogens is 2. The Bertz CT molecular complexity index is 185. The monoisotopic (exact) mass is 192 g/mol. The molecule has 0 aromatic rings. The first-order valence-corrected chi connectivity index (χ1v) is 4.60. The summed E-state index contributed by atoms with van der Waals surface area (Å²) in [6.07, 6.45) is -0.0970. The summed E-state index contributed by atoms with van der Waals surface area (Å²) in [4.78, 5) is 11.0. The molecule has 0 atom stereocenters. The molecule has 0 heterocycles. The Labute approximate surface area is 78.5 Å². The molecular formula is C10H18F2O. The molecular weight excluding hydrogens is 174 g/mol. The molecule has 0 rings (SSSR count). The summed E-state index contributed by atoms with van der Waals surface area (Å²) in [6, 6.07) is 0. The average molecular weight is 192 g/mol. The average Bonchev–Trinajstić information content (AvgIpc) is 2.01. The van der Waals surface area contributed by atoms with Crippen molar-refractivity contribution in [1.29, 1.82) is 0 Å². The third kappa shape index (κ3) is 4.34. The number of alkyl halides is 2. The maximum atomic E-state index is 12.8. The number of hydrogen-bond acceptors (Lipinski definition) is 1. The molecule has 0 spiro atoms. The number of Topliss-reactive ketones (excluding diaryl/α,β-unsaturated/α-hetero) is 1. The van der Waals surface area contributed by atoms with Crippen molar-refractivity contribution in [2.45, 2.75) is 52.9 Å². The minimum atomic E-state index is -2.62. The summed E-state index contributed by atoms with van der Waals surface area (Å²) in [7, 11) is 0. The second kappa shape index (κ2) is 4.16. The summed E-state index contributed by atoms with van der Waals surface area (Å²) in [5.74, 6) is -2.65. The highest BCUT2D eigenvalue weighted by atomic mass is 19.3. The summed E-state index contributed by atoms with van der Waals surface area (Å²) in [6.45, 7) is 6.33. The first-order chi connectivity index (χ1) is 5.71. The zero-order chi connectivity index (χ0) is 10.7. The predicted molar refractivity (Wildman–Crippen MR) is 48.9 cm³/mol. The first-order valence-electron chi connectivity index (χ1n) is 4.60. The summed E-state index contributed by atoms with van der Waals surface area (Å²) in [5.41, 5.74) is -0.612. The SMILES string of the molecule is CCC(F)(F)CCC(C)(C)C(C)=O. The van der Waals surface area contributed by atoms with Crippen LogP contribution in [0.1, 0.15) is 47.0 Å². The van der Waals surface area contributed by atoms with E-state index in [1.54, 1.807) is 13.8 Å². The van der Waals surface area contributed by atoms with Crippen molar-refractivity contribution < 1.29 is 13.6 Å². The summed E-state index contributed by atoms with van der Waals surface area (Å²) in [5, 5.41) is 0. The van der Waals surface area contributed by atoms with E-state index in [-0.39, 0.29) is 25.0 Å². The lowest BCUT2D eigenvalue weighted by Gasteiger charge is -2.23. The van der Waals surface area contributed by atoms with Gasteiger partial charge in [0.2, 0.25) is 5.92 Å². The van der Waals surface area contributed by atoms with Crippen LogP contribution in [-0.4, -0.2) is 11.7 Å². The van der Waals surface area contributed by atoms with Crippen LogP contribution < -0.4 is 0 Å². The number of carbonyl (C=O) groups is 1. The number of hydrogen-bond donors (Lipinski definition) is 0. The molecule has 0 radical (unpaired) electrons. The zero-order valence-electron chi connectivity index (χ0n) is 8.79. The fourth-order valence-electron chi connectivity index (χ4n) is 0.848. The summed E-state index contributed by atoms with van der Waals surface area (Å²) >= 11 is 0. The Hall–Kier alpha value is -0.470. The van der Waals surface area contributed by atoms with Gasteiger partial charge in [0.05, 0.1) is 0 Å². The van der Waals surface area contributed by atoms with Crippen molar-refractivity contribution in [3.63, 3.8) is 0 Å². The second-order valence-electron chi connectivity index (χ2n) is 4.15. The summed E-state index contributed by atoms with van der Waals surface area (Å²) < 4.78 is 25.7. The highest BCUT2D eigenvalue weighted by Crippen LogP contribution is 2.31. The van der Waals surface area contributed by atoms with Crippen LogP contribution in [0, 0.1) is 5.41 Å². The number of rotatable bonds is 5. The molecule has 0 fully saturated rings. The smallest absolute Gasteiger partial charge is 0.247 e. The van der Waals surface area contributed by atoms with E-state index in [1.165, 1.54) is 13.8 Å². The minimum absolute atomic E-state index is 0.0283. The van der Waals surface area contributed by atoms with Gasteiger partial charge in [-0.2, -0.15) is 0 Å². The van der Waals surface area contributed by atoms with E-state index in [1.807, 2.05) is 0 Å². The van der Waals surface area contributed by atoms with Gasteiger partial charge >= 0.3 is 0 Å². The van der Waals surface area contributed by atoms with Crippen LogP contribution in [0.5, 0.6) is 0 Å². The highest BCUT2D eigenvalue weighted by molar-refractivity contribution is 5.81. The number of ketones is 1. The molecule has 1 nitrogen and oxygen atoms in total. The lowest BCUT2D eigenvalue weighted by molar-refractivity contribution is -0.126. The van der Waals surface area contributed by atoms with Crippen LogP contribution in [0.3, 0.4) is 0 Å². The number of carbonyl (C=O) groups excluding carboxylic acids is 1. The topological polar surface area (TPSA) is 17.1 Å². The molecule has 0 aliphatic carbocycles. The molecule has 0 amide bonds. The van der Waals surface area contributed by atoms with Crippen LogP contribution >= 0.6 is 0 Å². The second-order valence-corrected chi connectivity index (χ2v) is 4.15. The molecule has 0 aromatic carbocycles. The Morgan fingerprint density at radius 1 is 1.23 bits per heavy atom. The van der Waals surface area contributed by atoms with Crippen LogP contribution in [0.2, 0.25) is 0 Å². The third-order valence-corrected chi connectivity index (χ3v) is 2.59. The fourth-order valence-corrected chi connectivity index (χ4v) is 0.848. The Kier molecular flexibility index (Phi) is 4.01.